The average molecular weight is 306 g/mol. The zero-order chi connectivity index (χ0) is 11.8. The Balaban J connectivity index is 2.17. The van der Waals surface area contributed by atoms with Crippen LogP contribution in [0, 0.1) is 5.92 Å². The van der Waals surface area contributed by atoms with Crippen LogP contribution in [-0.2, 0) is 10.0 Å². The van der Waals surface area contributed by atoms with Gasteiger partial charge in [-0.05, 0) is 24.3 Å². The standard InChI is InChI=1S/C10H12BrNO3S/c11-9-1-3-10(4-2-9)16(14,15)12-5-8(6-12)7-13/h1-4,8,13H,5-7H2. The number of aliphatic hydroxyl groups is 1. The van der Waals surface area contributed by atoms with Crippen LogP contribution >= 0.6 is 15.9 Å². The molecule has 88 valence electrons. The summed E-state index contributed by atoms with van der Waals surface area (Å²) in [7, 11) is -3.36. The van der Waals surface area contributed by atoms with Crippen LogP contribution in [0.5, 0.6) is 0 Å². The van der Waals surface area contributed by atoms with Crippen molar-refractivity contribution in [2.24, 2.45) is 5.92 Å². The average Bonchev–Trinajstić information content (AvgIpc) is 2.16. The van der Waals surface area contributed by atoms with E-state index in [1.807, 2.05) is 0 Å². The lowest BCUT2D eigenvalue weighted by Crippen LogP contribution is -2.51. The predicted molar refractivity (Wildman–Crippen MR) is 63.5 cm³/mol. The second kappa shape index (κ2) is 4.44. The molecule has 1 aromatic carbocycles. The van der Waals surface area contributed by atoms with Crippen LogP contribution in [0.1, 0.15) is 0 Å². The first-order valence-electron chi connectivity index (χ1n) is 4.90. The molecule has 1 fully saturated rings. The fourth-order valence-electron chi connectivity index (χ4n) is 1.59. The molecule has 2 rings (SSSR count). The van der Waals surface area contributed by atoms with E-state index in [4.69, 9.17) is 5.11 Å². The van der Waals surface area contributed by atoms with Gasteiger partial charge < -0.3 is 5.11 Å². The third kappa shape index (κ3) is 2.15. The Morgan fingerprint density at radius 2 is 1.88 bits per heavy atom. The van der Waals surface area contributed by atoms with E-state index in [1.165, 1.54) is 4.31 Å². The number of sulfonamides is 1. The molecule has 1 aliphatic heterocycles. The van der Waals surface area contributed by atoms with Crippen molar-refractivity contribution in [2.45, 2.75) is 4.90 Å². The van der Waals surface area contributed by atoms with Gasteiger partial charge in [0.15, 0.2) is 0 Å². The Bertz CT molecular complexity index is 465. The first kappa shape index (κ1) is 12.0. The molecule has 1 N–H and O–H groups in total. The van der Waals surface area contributed by atoms with Gasteiger partial charge in [-0.25, -0.2) is 8.42 Å². The van der Waals surface area contributed by atoms with Crippen molar-refractivity contribution in [3.8, 4) is 0 Å². The van der Waals surface area contributed by atoms with Crippen molar-refractivity contribution in [1.29, 1.82) is 0 Å². The highest BCUT2D eigenvalue weighted by Crippen LogP contribution is 2.25. The molecule has 4 nitrogen and oxygen atoms in total. The first-order chi connectivity index (χ1) is 7.54. The van der Waals surface area contributed by atoms with Crippen LogP contribution in [0.15, 0.2) is 33.6 Å². The van der Waals surface area contributed by atoms with E-state index in [1.54, 1.807) is 24.3 Å². The second-order valence-electron chi connectivity index (χ2n) is 3.82. The monoisotopic (exact) mass is 305 g/mol. The quantitative estimate of drug-likeness (QED) is 0.908. The topological polar surface area (TPSA) is 57.6 Å². The maximum Gasteiger partial charge on any atom is 0.243 e. The van der Waals surface area contributed by atoms with Gasteiger partial charge in [0.05, 0.1) is 4.90 Å². The number of benzene rings is 1. The fraction of sp³-hybridized carbons (Fsp3) is 0.400. The molecule has 0 aliphatic carbocycles. The fourth-order valence-corrected chi connectivity index (χ4v) is 3.45. The molecule has 0 amide bonds. The number of hydrogen-bond acceptors (Lipinski definition) is 3. The van der Waals surface area contributed by atoms with Crippen molar-refractivity contribution in [2.75, 3.05) is 19.7 Å². The number of halogens is 1. The molecule has 6 heteroatoms. The van der Waals surface area contributed by atoms with Crippen molar-refractivity contribution in [1.82, 2.24) is 4.31 Å². The largest absolute Gasteiger partial charge is 0.396 e. The summed E-state index contributed by atoms with van der Waals surface area (Å²) in [4.78, 5) is 0.298. The van der Waals surface area contributed by atoms with E-state index in [2.05, 4.69) is 15.9 Å². The third-order valence-corrected chi connectivity index (χ3v) is 5.01. The van der Waals surface area contributed by atoms with E-state index >= 15 is 0 Å². The van der Waals surface area contributed by atoms with Crippen LogP contribution in [-0.4, -0.2) is 37.5 Å². The molecule has 0 atom stereocenters. The van der Waals surface area contributed by atoms with Gasteiger partial charge in [-0.15, -0.1) is 0 Å². The van der Waals surface area contributed by atoms with Crippen LogP contribution in [0.25, 0.3) is 0 Å². The highest BCUT2D eigenvalue weighted by molar-refractivity contribution is 9.10. The van der Waals surface area contributed by atoms with E-state index in [9.17, 15) is 8.42 Å². The van der Waals surface area contributed by atoms with E-state index in [0.29, 0.717) is 18.0 Å². The van der Waals surface area contributed by atoms with Crippen molar-refractivity contribution < 1.29 is 13.5 Å². The summed E-state index contributed by atoms with van der Waals surface area (Å²) in [5.41, 5.74) is 0. The van der Waals surface area contributed by atoms with Crippen molar-refractivity contribution >= 4 is 26.0 Å². The molecule has 1 aromatic rings. The number of rotatable bonds is 3. The highest BCUT2D eigenvalue weighted by atomic mass is 79.9. The zero-order valence-corrected chi connectivity index (χ0v) is 10.9. The summed E-state index contributed by atoms with van der Waals surface area (Å²) in [5.74, 6) is 0.0882. The normalized spacial score (nSPS) is 18.4. The van der Waals surface area contributed by atoms with Crippen LogP contribution in [0.2, 0.25) is 0 Å². The van der Waals surface area contributed by atoms with Gasteiger partial charge in [-0.2, -0.15) is 4.31 Å². The minimum absolute atomic E-state index is 0.0480. The van der Waals surface area contributed by atoms with Gasteiger partial charge in [-0.3, -0.25) is 0 Å². The summed E-state index contributed by atoms with van der Waals surface area (Å²) < 4.78 is 26.3. The van der Waals surface area contributed by atoms with Crippen molar-refractivity contribution in [3.63, 3.8) is 0 Å². The molecule has 0 aromatic heterocycles. The Morgan fingerprint density at radius 3 is 2.38 bits per heavy atom. The molecule has 0 unspecified atom stereocenters. The molecule has 0 spiro atoms. The summed E-state index contributed by atoms with van der Waals surface area (Å²) in [5, 5.41) is 8.85. The molecule has 0 saturated carbocycles. The molecule has 1 heterocycles. The maximum absolute atomic E-state index is 12.0. The highest BCUT2D eigenvalue weighted by Gasteiger charge is 2.35. The summed E-state index contributed by atoms with van der Waals surface area (Å²) in [6.07, 6.45) is 0. The SMILES string of the molecule is O=S(=O)(c1ccc(Br)cc1)N1CC(CO)C1. The summed E-state index contributed by atoms with van der Waals surface area (Å²) >= 11 is 3.26. The van der Waals surface area contributed by atoms with Crippen molar-refractivity contribution in [3.05, 3.63) is 28.7 Å². The van der Waals surface area contributed by atoms with E-state index in [0.717, 1.165) is 4.47 Å². The Morgan fingerprint density at radius 1 is 1.31 bits per heavy atom. The van der Waals surface area contributed by atoms with Gasteiger partial charge in [0, 0.05) is 30.1 Å². The predicted octanol–water partition coefficient (Wildman–Crippen LogP) is 1.06. The van der Waals surface area contributed by atoms with Gasteiger partial charge in [0.25, 0.3) is 0 Å². The van der Waals surface area contributed by atoms with Crippen LogP contribution in [0.4, 0.5) is 0 Å². The molecule has 0 radical (unpaired) electrons. The lowest BCUT2D eigenvalue weighted by molar-refractivity contribution is 0.117. The lowest BCUT2D eigenvalue weighted by Gasteiger charge is -2.36. The van der Waals surface area contributed by atoms with Gasteiger partial charge in [0.2, 0.25) is 10.0 Å². The zero-order valence-electron chi connectivity index (χ0n) is 8.51. The molecular formula is C10H12BrNO3S. The van der Waals surface area contributed by atoms with Crippen LogP contribution < -0.4 is 0 Å². The number of hydrogen-bond donors (Lipinski definition) is 1. The minimum atomic E-state index is -3.36. The minimum Gasteiger partial charge on any atom is -0.396 e. The Kier molecular flexibility index (Phi) is 3.34. The first-order valence-corrected chi connectivity index (χ1v) is 7.14. The smallest absolute Gasteiger partial charge is 0.243 e. The number of nitrogens with zero attached hydrogens (tertiary/aromatic N) is 1. The van der Waals surface area contributed by atoms with E-state index < -0.39 is 10.0 Å². The Labute approximate surface area is 103 Å². The van der Waals surface area contributed by atoms with Gasteiger partial charge in [-0.1, -0.05) is 15.9 Å². The maximum atomic E-state index is 12.0. The molecule has 1 aliphatic rings. The molecule has 1 saturated heterocycles. The van der Waals surface area contributed by atoms with E-state index in [-0.39, 0.29) is 12.5 Å². The lowest BCUT2D eigenvalue weighted by atomic mass is 10.1. The summed E-state index contributed by atoms with van der Waals surface area (Å²) in [6.45, 7) is 0.871. The second-order valence-corrected chi connectivity index (χ2v) is 6.68. The molecule has 0 bridgehead atoms. The van der Waals surface area contributed by atoms with Crippen LogP contribution in [0.3, 0.4) is 0 Å². The van der Waals surface area contributed by atoms with Gasteiger partial charge in [0.1, 0.15) is 0 Å². The third-order valence-electron chi connectivity index (χ3n) is 2.63. The number of aliphatic hydroxyl groups excluding tert-OH is 1. The Hall–Kier alpha value is -0.430. The summed E-state index contributed by atoms with van der Waals surface area (Å²) in [6, 6.07) is 6.56. The molecule has 16 heavy (non-hydrogen) atoms. The van der Waals surface area contributed by atoms with Gasteiger partial charge >= 0.3 is 0 Å². The molecular weight excluding hydrogens is 294 g/mol.